The van der Waals surface area contributed by atoms with E-state index in [1.54, 1.807) is 0 Å². The van der Waals surface area contributed by atoms with Crippen molar-refractivity contribution >= 4 is 40.6 Å². The molecule has 1 saturated heterocycles. The Bertz CT molecular complexity index is 1150. The summed E-state index contributed by atoms with van der Waals surface area (Å²) in [6, 6.07) is 3.51. The van der Waals surface area contributed by atoms with Gasteiger partial charge in [0, 0.05) is 30.1 Å². The molecule has 2 heterocycles. The van der Waals surface area contributed by atoms with Crippen LogP contribution in [-0.2, 0) is 30.4 Å². The van der Waals surface area contributed by atoms with Gasteiger partial charge in [0.1, 0.15) is 18.1 Å². The van der Waals surface area contributed by atoms with Gasteiger partial charge in [-0.2, -0.15) is 0 Å². The number of carbonyl (C=O) groups is 5. The summed E-state index contributed by atoms with van der Waals surface area (Å²) in [4.78, 5) is 65.0. The zero-order chi connectivity index (χ0) is 26.4. The van der Waals surface area contributed by atoms with E-state index in [0.29, 0.717) is 25.8 Å². The molecule has 7 N–H and O–H groups in total. The van der Waals surface area contributed by atoms with Crippen molar-refractivity contribution < 1.29 is 34.2 Å². The number of H-pyrrole nitrogens is 1. The third kappa shape index (κ3) is 6.39. The summed E-state index contributed by atoms with van der Waals surface area (Å²) in [5.41, 5.74) is 8.06. The average molecular weight is 502 g/mol. The molecule has 2 aromatic rings. The van der Waals surface area contributed by atoms with E-state index in [1.807, 2.05) is 30.5 Å². The third-order valence-corrected chi connectivity index (χ3v) is 6.28. The SMILES string of the molecule is CC(NC(=O)C1CCCN1C(=O)C(N)Cc1c[nH]c2ccccc12)C(=O)NC(CCC(=O)O)C(=O)O. The number of rotatable bonds is 11. The number of likely N-dealkylation sites (tertiary alicyclic amines) is 1. The van der Waals surface area contributed by atoms with E-state index in [2.05, 4.69) is 15.6 Å². The molecule has 1 fully saturated rings. The van der Waals surface area contributed by atoms with Gasteiger partial charge in [-0.3, -0.25) is 19.2 Å². The monoisotopic (exact) mass is 501 g/mol. The van der Waals surface area contributed by atoms with Crippen molar-refractivity contribution in [1.29, 1.82) is 0 Å². The van der Waals surface area contributed by atoms with Gasteiger partial charge < -0.3 is 36.5 Å². The summed E-state index contributed by atoms with van der Waals surface area (Å²) in [5, 5.41) is 23.7. The zero-order valence-corrected chi connectivity index (χ0v) is 19.9. The fraction of sp³-hybridized carbons (Fsp3) is 0.458. The molecule has 12 nitrogen and oxygen atoms in total. The summed E-state index contributed by atoms with van der Waals surface area (Å²) < 4.78 is 0. The Morgan fingerprint density at radius 2 is 1.89 bits per heavy atom. The second-order valence-corrected chi connectivity index (χ2v) is 8.92. The van der Waals surface area contributed by atoms with Gasteiger partial charge in [-0.15, -0.1) is 0 Å². The van der Waals surface area contributed by atoms with Crippen LogP contribution in [0.5, 0.6) is 0 Å². The first-order valence-electron chi connectivity index (χ1n) is 11.7. The van der Waals surface area contributed by atoms with E-state index in [4.69, 9.17) is 10.8 Å². The van der Waals surface area contributed by atoms with E-state index < -0.39 is 54.3 Å². The highest BCUT2D eigenvalue weighted by Crippen LogP contribution is 2.22. The Balaban J connectivity index is 1.58. The topological polar surface area (TPSA) is 195 Å². The maximum absolute atomic E-state index is 13.1. The second-order valence-electron chi connectivity index (χ2n) is 8.92. The van der Waals surface area contributed by atoms with Crippen LogP contribution in [0, 0.1) is 0 Å². The second kappa shape index (κ2) is 11.7. The van der Waals surface area contributed by atoms with Gasteiger partial charge in [0.05, 0.1) is 6.04 Å². The molecule has 0 spiro atoms. The number of amides is 3. The lowest BCUT2D eigenvalue weighted by Crippen LogP contribution is -2.56. The minimum Gasteiger partial charge on any atom is -0.481 e. The quantitative estimate of drug-likeness (QED) is 0.247. The summed E-state index contributed by atoms with van der Waals surface area (Å²) >= 11 is 0. The van der Waals surface area contributed by atoms with Crippen molar-refractivity contribution in [3.8, 4) is 0 Å². The maximum Gasteiger partial charge on any atom is 0.326 e. The molecule has 4 atom stereocenters. The number of carbonyl (C=O) groups excluding carboxylic acids is 3. The van der Waals surface area contributed by atoms with Crippen LogP contribution in [-0.4, -0.2) is 80.5 Å². The molecular formula is C24H31N5O7. The lowest BCUT2D eigenvalue weighted by atomic mass is 10.0. The van der Waals surface area contributed by atoms with Crippen molar-refractivity contribution in [2.75, 3.05) is 6.54 Å². The number of nitrogens with one attached hydrogen (secondary N) is 3. The number of hydrogen-bond acceptors (Lipinski definition) is 6. The Kier molecular flexibility index (Phi) is 8.64. The number of hydrogen-bond donors (Lipinski definition) is 6. The van der Waals surface area contributed by atoms with Gasteiger partial charge in [-0.05, 0) is 44.2 Å². The first kappa shape index (κ1) is 26.7. The molecule has 3 rings (SSSR count). The number of para-hydroxylation sites is 1. The highest BCUT2D eigenvalue weighted by Gasteiger charge is 2.37. The molecule has 0 saturated carbocycles. The summed E-state index contributed by atoms with van der Waals surface area (Å²) in [6.07, 6.45) is 2.38. The summed E-state index contributed by atoms with van der Waals surface area (Å²) in [7, 11) is 0. The lowest BCUT2D eigenvalue weighted by Gasteiger charge is -2.28. The Morgan fingerprint density at radius 1 is 1.17 bits per heavy atom. The fourth-order valence-electron chi connectivity index (χ4n) is 4.34. The van der Waals surface area contributed by atoms with Crippen LogP contribution in [0.1, 0.15) is 38.2 Å². The largest absolute Gasteiger partial charge is 0.481 e. The number of carboxylic acids is 2. The highest BCUT2D eigenvalue weighted by molar-refractivity contribution is 5.94. The molecule has 0 aliphatic carbocycles. The molecule has 1 aromatic heterocycles. The third-order valence-electron chi connectivity index (χ3n) is 6.28. The molecule has 1 aliphatic heterocycles. The van der Waals surface area contributed by atoms with E-state index in [9.17, 15) is 29.1 Å². The van der Waals surface area contributed by atoms with Gasteiger partial charge in [-0.25, -0.2) is 4.79 Å². The van der Waals surface area contributed by atoms with Gasteiger partial charge in [0.15, 0.2) is 0 Å². The molecule has 4 unspecified atom stereocenters. The lowest BCUT2D eigenvalue weighted by molar-refractivity contribution is -0.144. The molecular weight excluding hydrogens is 470 g/mol. The van der Waals surface area contributed by atoms with Gasteiger partial charge in [0.2, 0.25) is 17.7 Å². The van der Waals surface area contributed by atoms with E-state index in [1.165, 1.54) is 11.8 Å². The summed E-state index contributed by atoms with van der Waals surface area (Å²) in [6.45, 7) is 1.74. The summed E-state index contributed by atoms with van der Waals surface area (Å²) in [5.74, 6) is -4.24. The van der Waals surface area contributed by atoms with Crippen molar-refractivity contribution in [3.05, 3.63) is 36.0 Å². The Labute approximate surface area is 207 Å². The number of benzene rings is 1. The van der Waals surface area contributed by atoms with Crippen molar-refractivity contribution in [3.63, 3.8) is 0 Å². The molecule has 1 aliphatic rings. The number of aliphatic carboxylic acids is 2. The highest BCUT2D eigenvalue weighted by atomic mass is 16.4. The van der Waals surface area contributed by atoms with Crippen LogP contribution >= 0.6 is 0 Å². The number of nitrogens with two attached hydrogens (primary N) is 1. The number of aromatic amines is 1. The molecule has 12 heteroatoms. The molecule has 194 valence electrons. The van der Waals surface area contributed by atoms with E-state index >= 15 is 0 Å². The van der Waals surface area contributed by atoms with Crippen LogP contribution in [0.3, 0.4) is 0 Å². The molecule has 3 amide bonds. The number of aromatic nitrogens is 1. The molecule has 1 aromatic carbocycles. The first-order chi connectivity index (χ1) is 17.1. The zero-order valence-electron chi connectivity index (χ0n) is 19.9. The number of nitrogens with zero attached hydrogens (tertiary/aromatic N) is 1. The van der Waals surface area contributed by atoms with Crippen molar-refractivity contribution in [1.82, 2.24) is 20.5 Å². The van der Waals surface area contributed by atoms with Gasteiger partial charge >= 0.3 is 11.9 Å². The van der Waals surface area contributed by atoms with Crippen LogP contribution in [0.4, 0.5) is 0 Å². The average Bonchev–Trinajstić information content (AvgIpc) is 3.48. The maximum atomic E-state index is 13.1. The van der Waals surface area contributed by atoms with Crippen LogP contribution in [0.2, 0.25) is 0 Å². The van der Waals surface area contributed by atoms with Gasteiger partial charge in [0.25, 0.3) is 0 Å². The normalized spacial score (nSPS) is 17.8. The van der Waals surface area contributed by atoms with Crippen LogP contribution in [0.25, 0.3) is 10.9 Å². The fourth-order valence-corrected chi connectivity index (χ4v) is 4.34. The first-order valence-corrected chi connectivity index (χ1v) is 11.7. The minimum atomic E-state index is -1.40. The molecule has 0 radical (unpaired) electrons. The molecule has 0 bridgehead atoms. The molecule has 36 heavy (non-hydrogen) atoms. The number of carboxylic acid groups (broad SMARTS) is 2. The minimum absolute atomic E-state index is 0.291. The predicted octanol–water partition coefficient (Wildman–Crippen LogP) is -0.0324. The van der Waals surface area contributed by atoms with E-state index in [0.717, 1.165) is 16.5 Å². The Morgan fingerprint density at radius 3 is 2.58 bits per heavy atom. The van der Waals surface area contributed by atoms with Crippen LogP contribution in [0.15, 0.2) is 30.5 Å². The van der Waals surface area contributed by atoms with E-state index in [-0.39, 0.29) is 12.3 Å². The number of fused-ring (bicyclic) bond motifs is 1. The van der Waals surface area contributed by atoms with Crippen LogP contribution < -0.4 is 16.4 Å². The smallest absolute Gasteiger partial charge is 0.326 e. The van der Waals surface area contributed by atoms with Crippen molar-refractivity contribution in [2.45, 2.75) is 63.2 Å². The predicted molar refractivity (Wildman–Crippen MR) is 129 cm³/mol. The van der Waals surface area contributed by atoms with Crippen molar-refractivity contribution in [2.24, 2.45) is 5.73 Å². The van der Waals surface area contributed by atoms with Gasteiger partial charge in [-0.1, -0.05) is 18.2 Å². The standard InChI is InChI=1S/C24H31N5O7/c1-13(21(32)28-18(24(35)36)8-9-20(30)31)27-22(33)19-7-4-10-29(19)23(34)16(25)11-14-12-26-17-6-3-2-5-15(14)17/h2-3,5-6,12-13,16,18-19,26H,4,7-11,25H2,1H3,(H,27,33)(H,28,32)(H,30,31)(H,35,36). The Hall–Kier alpha value is -3.93.